The van der Waals surface area contributed by atoms with Crippen molar-refractivity contribution in [3.8, 4) is 0 Å². The Morgan fingerprint density at radius 3 is 2.11 bits per heavy atom. The van der Waals surface area contributed by atoms with Crippen LogP contribution in [0.25, 0.3) is 0 Å². The highest BCUT2D eigenvalue weighted by Gasteiger charge is 2.49. The average molecular weight is 268 g/mol. The van der Waals surface area contributed by atoms with E-state index in [-0.39, 0.29) is 5.60 Å². The maximum absolute atomic E-state index is 12.2. The fraction of sp³-hybridized carbons (Fsp3) is 0.867. The van der Waals surface area contributed by atoms with Crippen LogP contribution in [-0.4, -0.2) is 22.6 Å². The van der Waals surface area contributed by atoms with E-state index in [1.807, 2.05) is 0 Å². The van der Waals surface area contributed by atoms with Gasteiger partial charge in [0.1, 0.15) is 5.60 Å². The van der Waals surface area contributed by atoms with E-state index in [1.165, 1.54) is 26.7 Å². The van der Waals surface area contributed by atoms with Crippen molar-refractivity contribution in [2.45, 2.75) is 70.8 Å². The van der Waals surface area contributed by atoms with Gasteiger partial charge in [-0.05, 0) is 58.3 Å². The number of carboxylic acid groups (broad SMARTS) is 1. The molecule has 1 N–H and O–H groups in total. The predicted molar refractivity (Wildman–Crippen MR) is 70.7 cm³/mol. The topological polar surface area (TPSA) is 63.6 Å². The molecule has 19 heavy (non-hydrogen) atoms. The standard InChI is InChI=1S/C15H24O4/c1-14(2,12(16)17)13(18)19-15(9-5-6-10-15)11-7-3-4-8-11/h11H,3-10H2,1-2H3,(H,16,17). The Labute approximate surface area is 114 Å². The molecule has 0 saturated heterocycles. The summed E-state index contributed by atoms with van der Waals surface area (Å²) in [6.07, 6.45) is 8.59. The first-order valence-corrected chi connectivity index (χ1v) is 7.35. The number of esters is 1. The Balaban J connectivity index is 2.13. The van der Waals surface area contributed by atoms with Gasteiger partial charge in [-0.15, -0.1) is 0 Å². The predicted octanol–water partition coefficient (Wildman–Crippen LogP) is 3.14. The lowest BCUT2D eigenvalue weighted by molar-refractivity contribution is -0.182. The number of aliphatic carboxylic acids is 1. The van der Waals surface area contributed by atoms with Crippen molar-refractivity contribution in [3.63, 3.8) is 0 Å². The van der Waals surface area contributed by atoms with Gasteiger partial charge in [0.25, 0.3) is 0 Å². The Kier molecular flexibility index (Phi) is 3.88. The monoisotopic (exact) mass is 268 g/mol. The van der Waals surface area contributed by atoms with E-state index in [2.05, 4.69) is 0 Å². The van der Waals surface area contributed by atoms with Crippen LogP contribution in [0.1, 0.15) is 65.2 Å². The summed E-state index contributed by atoms with van der Waals surface area (Å²) in [5.41, 5.74) is -1.82. The molecular weight excluding hydrogens is 244 g/mol. The summed E-state index contributed by atoms with van der Waals surface area (Å²) in [7, 11) is 0. The lowest BCUT2D eigenvalue weighted by Gasteiger charge is -2.37. The third-order valence-electron chi connectivity index (χ3n) is 4.89. The summed E-state index contributed by atoms with van der Waals surface area (Å²) in [4.78, 5) is 23.4. The summed E-state index contributed by atoms with van der Waals surface area (Å²) in [6, 6.07) is 0. The van der Waals surface area contributed by atoms with Crippen molar-refractivity contribution in [1.82, 2.24) is 0 Å². The number of hydrogen-bond acceptors (Lipinski definition) is 3. The van der Waals surface area contributed by atoms with E-state index in [1.54, 1.807) is 0 Å². The molecule has 0 radical (unpaired) electrons. The zero-order valence-electron chi connectivity index (χ0n) is 11.9. The molecule has 2 saturated carbocycles. The van der Waals surface area contributed by atoms with Crippen LogP contribution in [0.5, 0.6) is 0 Å². The molecule has 0 spiro atoms. The molecule has 2 rings (SSSR count). The third-order valence-corrected chi connectivity index (χ3v) is 4.89. The van der Waals surface area contributed by atoms with Crippen LogP contribution in [0.2, 0.25) is 0 Å². The first-order chi connectivity index (χ1) is 8.88. The van der Waals surface area contributed by atoms with Crippen LogP contribution >= 0.6 is 0 Å². The highest BCUT2D eigenvalue weighted by Crippen LogP contribution is 2.47. The first kappa shape index (κ1) is 14.4. The van der Waals surface area contributed by atoms with Gasteiger partial charge < -0.3 is 9.84 Å². The minimum atomic E-state index is -1.45. The number of carbonyl (C=O) groups is 2. The fourth-order valence-corrected chi connectivity index (χ4v) is 3.42. The third kappa shape index (κ3) is 2.63. The molecule has 0 aromatic carbocycles. The fourth-order valence-electron chi connectivity index (χ4n) is 3.42. The lowest BCUT2D eigenvalue weighted by atomic mass is 9.83. The second-order valence-corrected chi connectivity index (χ2v) is 6.57. The van der Waals surface area contributed by atoms with E-state index in [4.69, 9.17) is 9.84 Å². The van der Waals surface area contributed by atoms with Gasteiger partial charge in [-0.1, -0.05) is 12.8 Å². The largest absolute Gasteiger partial charge is 0.480 e. The van der Waals surface area contributed by atoms with Gasteiger partial charge in [-0.25, -0.2) is 0 Å². The highest BCUT2D eigenvalue weighted by atomic mass is 16.6. The minimum absolute atomic E-state index is 0.375. The van der Waals surface area contributed by atoms with Crippen LogP contribution in [0, 0.1) is 11.3 Å². The second-order valence-electron chi connectivity index (χ2n) is 6.57. The smallest absolute Gasteiger partial charge is 0.323 e. The quantitative estimate of drug-likeness (QED) is 0.628. The molecule has 0 unspecified atom stereocenters. The minimum Gasteiger partial charge on any atom is -0.480 e. The number of hydrogen-bond donors (Lipinski definition) is 1. The molecule has 2 aliphatic rings. The van der Waals surface area contributed by atoms with Gasteiger partial charge in [0, 0.05) is 0 Å². The maximum atomic E-state index is 12.2. The van der Waals surface area contributed by atoms with E-state index in [0.717, 1.165) is 38.5 Å². The van der Waals surface area contributed by atoms with Gasteiger partial charge in [0.05, 0.1) is 0 Å². The number of rotatable bonds is 4. The molecule has 0 atom stereocenters. The summed E-state index contributed by atoms with van der Waals surface area (Å²) in [6.45, 7) is 2.85. The number of carboxylic acids is 1. The highest BCUT2D eigenvalue weighted by molar-refractivity contribution is 5.98. The Hall–Kier alpha value is -1.06. The zero-order valence-corrected chi connectivity index (χ0v) is 11.9. The SMILES string of the molecule is CC(C)(C(=O)O)C(=O)OC1(C2CCCC2)CCCC1. The second kappa shape index (κ2) is 5.14. The molecule has 2 fully saturated rings. The van der Waals surface area contributed by atoms with E-state index in [9.17, 15) is 9.59 Å². The summed E-state index contributed by atoms with van der Waals surface area (Å²) in [5.74, 6) is -1.26. The van der Waals surface area contributed by atoms with Crippen LogP contribution in [0.4, 0.5) is 0 Å². The zero-order chi connectivity index (χ0) is 14.1. The molecule has 0 aliphatic heterocycles. The molecular formula is C15H24O4. The van der Waals surface area contributed by atoms with E-state index >= 15 is 0 Å². The van der Waals surface area contributed by atoms with Gasteiger partial charge in [-0.3, -0.25) is 9.59 Å². The molecule has 4 nitrogen and oxygen atoms in total. The van der Waals surface area contributed by atoms with Crippen LogP contribution < -0.4 is 0 Å². The first-order valence-electron chi connectivity index (χ1n) is 7.35. The van der Waals surface area contributed by atoms with E-state index < -0.39 is 17.4 Å². The Bertz CT molecular complexity index is 360. The molecule has 0 bridgehead atoms. The van der Waals surface area contributed by atoms with Gasteiger partial charge >= 0.3 is 11.9 Å². The molecule has 0 heterocycles. The van der Waals surface area contributed by atoms with Gasteiger partial charge in [-0.2, -0.15) is 0 Å². The van der Waals surface area contributed by atoms with Crippen molar-refractivity contribution in [2.24, 2.45) is 11.3 Å². The van der Waals surface area contributed by atoms with Gasteiger partial charge in [0.15, 0.2) is 5.41 Å². The number of ether oxygens (including phenoxy) is 1. The molecule has 0 aromatic rings. The van der Waals surface area contributed by atoms with E-state index in [0.29, 0.717) is 5.92 Å². The summed E-state index contributed by atoms with van der Waals surface area (Å²) in [5, 5.41) is 9.13. The lowest BCUT2D eigenvalue weighted by Crippen LogP contribution is -2.45. The van der Waals surface area contributed by atoms with Crippen molar-refractivity contribution in [3.05, 3.63) is 0 Å². The van der Waals surface area contributed by atoms with Crippen molar-refractivity contribution >= 4 is 11.9 Å². The van der Waals surface area contributed by atoms with Gasteiger partial charge in [0.2, 0.25) is 0 Å². The molecule has 0 amide bonds. The van der Waals surface area contributed by atoms with Crippen molar-refractivity contribution in [2.75, 3.05) is 0 Å². The van der Waals surface area contributed by atoms with Crippen LogP contribution in [-0.2, 0) is 14.3 Å². The Morgan fingerprint density at radius 2 is 1.63 bits per heavy atom. The molecule has 0 aromatic heterocycles. The van der Waals surface area contributed by atoms with Crippen LogP contribution in [0.3, 0.4) is 0 Å². The Morgan fingerprint density at radius 1 is 1.11 bits per heavy atom. The van der Waals surface area contributed by atoms with Crippen molar-refractivity contribution < 1.29 is 19.4 Å². The van der Waals surface area contributed by atoms with Crippen LogP contribution in [0.15, 0.2) is 0 Å². The molecule has 108 valence electrons. The number of carbonyl (C=O) groups excluding carboxylic acids is 1. The molecule has 4 heteroatoms. The van der Waals surface area contributed by atoms with Crippen molar-refractivity contribution in [1.29, 1.82) is 0 Å². The average Bonchev–Trinajstić information content (AvgIpc) is 2.99. The normalized spacial score (nSPS) is 23.5. The molecule has 2 aliphatic carbocycles. The summed E-state index contributed by atoms with van der Waals surface area (Å²) >= 11 is 0. The summed E-state index contributed by atoms with van der Waals surface area (Å²) < 4.78 is 5.79. The maximum Gasteiger partial charge on any atom is 0.323 e.